The second-order valence-corrected chi connectivity index (χ2v) is 4.21. The van der Waals surface area contributed by atoms with Crippen molar-refractivity contribution in [3.8, 4) is 0 Å². The Morgan fingerprint density at radius 3 is 3.06 bits per heavy atom. The first-order valence-electron chi connectivity index (χ1n) is 5.73. The van der Waals surface area contributed by atoms with Gasteiger partial charge in [0.25, 0.3) is 5.91 Å². The number of aliphatic hydroxyl groups is 1. The summed E-state index contributed by atoms with van der Waals surface area (Å²) < 4.78 is 0. The van der Waals surface area contributed by atoms with Crippen LogP contribution in [0.1, 0.15) is 5.56 Å². The molecule has 1 aliphatic rings. The number of nitrogens with one attached hydrogen (secondary N) is 1. The summed E-state index contributed by atoms with van der Waals surface area (Å²) in [7, 11) is 0. The van der Waals surface area contributed by atoms with Crippen molar-refractivity contribution in [2.75, 3.05) is 19.7 Å². The van der Waals surface area contributed by atoms with Crippen LogP contribution in [0, 0.1) is 12.8 Å². The summed E-state index contributed by atoms with van der Waals surface area (Å²) in [5.74, 6) is -0.345. The number of carbonyl (C=O) groups is 1. The predicted octanol–water partition coefficient (Wildman–Crippen LogP) is -0.867. The fraction of sp³-hybridized carbons (Fsp3) is 0.385. The van der Waals surface area contributed by atoms with Crippen molar-refractivity contribution < 1.29 is 9.90 Å². The van der Waals surface area contributed by atoms with Crippen molar-refractivity contribution in [1.29, 1.82) is 0 Å². The summed E-state index contributed by atoms with van der Waals surface area (Å²) in [5, 5.41) is 13.5. The Bertz CT molecular complexity index is 537. The van der Waals surface area contributed by atoms with E-state index in [2.05, 4.69) is 10.3 Å². The van der Waals surface area contributed by atoms with Crippen molar-refractivity contribution in [2.45, 2.75) is 6.92 Å². The molecule has 17 heavy (non-hydrogen) atoms. The maximum atomic E-state index is 11.7. The van der Waals surface area contributed by atoms with E-state index in [1.54, 1.807) is 0 Å². The molecule has 0 saturated heterocycles. The molecule has 0 aliphatic carbocycles. The Kier molecular flexibility index (Phi) is 3.66. The minimum atomic E-state index is -0.226. The fourth-order valence-corrected chi connectivity index (χ4v) is 1.88. The highest BCUT2D eigenvalue weighted by molar-refractivity contribution is 5.86. The predicted molar refractivity (Wildman–Crippen MR) is 64.9 cm³/mol. The summed E-state index contributed by atoms with van der Waals surface area (Å²) in [6.07, 6.45) is 1.95. The van der Waals surface area contributed by atoms with E-state index in [1.807, 2.05) is 31.2 Å². The Hall–Kier alpha value is -1.52. The molecule has 0 saturated carbocycles. The lowest BCUT2D eigenvalue weighted by atomic mass is 10.0. The average Bonchev–Trinajstić information content (AvgIpc) is 2.31. The lowest BCUT2D eigenvalue weighted by Crippen LogP contribution is -2.38. The number of hydrogen-bond acceptors (Lipinski definition) is 3. The second-order valence-electron chi connectivity index (χ2n) is 4.21. The molecule has 0 fully saturated rings. The third-order valence-electron chi connectivity index (χ3n) is 2.76. The fourth-order valence-electron chi connectivity index (χ4n) is 1.88. The maximum Gasteiger partial charge on any atom is 0.254 e. The molecule has 4 nitrogen and oxygen atoms in total. The molecule has 1 aromatic rings. The molecular formula is C13H16N2O2. The van der Waals surface area contributed by atoms with Gasteiger partial charge in [0.2, 0.25) is 0 Å². The topological polar surface area (TPSA) is 61.7 Å². The van der Waals surface area contributed by atoms with Crippen LogP contribution in [0.5, 0.6) is 0 Å². The largest absolute Gasteiger partial charge is 0.395 e. The molecule has 1 aromatic carbocycles. The molecule has 0 aromatic heterocycles. The number of benzene rings is 1. The number of rotatable bonds is 4. The number of nitrogens with zero attached hydrogens (tertiary/aromatic N) is 1. The van der Waals surface area contributed by atoms with Gasteiger partial charge in [-0.2, -0.15) is 0 Å². The van der Waals surface area contributed by atoms with Gasteiger partial charge in [-0.15, -0.1) is 0 Å². The summed E-state index contributed by atoms with van der Waals surface area (Å²) in [5.41, 5.74) is 1.16. The zero-order valence-electron chi connectivity index (χ0n) is 9.81. The standard InChI is InChI=1S/C13H16N2O2/c1-9-2-3-12-10(6-9)7-11(13(17)15-12)8-14-4-5-16/h2-3,6-7,11,14,16H,4-5,8H2,1H3. The summed E-state index contributed by atoms with van der Waals surface area (Å²) in [4.78, 5) is 15.8. The summed E-state index contributed by atoms with van der Waals surface area (Å²) in [6, 6.07) is 5.86. The van der Waals surface area contributed by atoms with Crippen molar-refractivity contribution in [3.63, 3.8) is 0 Å². The van der Waals surface area contributed by atoms with E-state index >= 15 is 0 Å². The lowest BCUT2D eigenvalue weighted by Gasteiger charge is -2.12. The molecule has 4 heteroatoms. The van der Waals surface area contributed by atoms with Crippen LogP contribution >= 0.6 is 0 Å². The molecule has 90 valence electrons. The number of aliphatic hydroxyl groups excluding tert-OH is 1. The number of hydrogen-bond donors (Lipinski definition) is 2. The van der Waals surface area contributed by atoms with E-state index in [-0.39, 0.29) is 18.4 Å². The monoisotopic (exact) mass is 232 g/mol. The van der Waals surface area contributed by atoms with Gasteiger partial charge in [-0.3, -0.25) is 4.79 Å². The maximum absolute atomic E-state index is 11.7. The van der Waals surface area contributed by atoms with Gasteiger partial charge >= 0.3 is 0 Å². The van der Waals surface area contributed by atoms with Crippen molar-refractivity contribution >= 4 is 12.0 Å². The van der Waals surface area contributed by atoms with Gasteiger partial charge in [-0.05, 0) is 18.2 Å². The Balaban J connectivity index is 2.25. The molecule has 0 radical (unpaired) electrons. The smallest absolute Gasteiger partial charge is 0.254 e. The summed E-state index contributed by atoms with van der Waals surface area (Å²) in [6.45, 7) is 3.12. The van der Waals surface area contributed by atoms with Crippen molar-refractivity contribution in [3.05, 3.63) is 34.3 Å². The van der Waals surface area contributed by atoms with E-state index in [1.165, 1.54) is 0 Å². The molecule has 0 bridgehead atoms. The quantitative estimate of drug-likeness (QED) is 0.664. The van der Waals surface area contributed by atoms with Crippen LogP contribution in [0.15, 0.2) is 23.2 Å². The van der Waals surface area contributed by atoms with Gasteiger partial charge in [0.15, 0.2) is 0 Å². The van der Waals surface area contributed by atoms with Crippen LogP contribution < -0.4 is 15.9 Å². The van der Waals surface area contributed by atoms with Gasteiger partial charge in [0, 0.05) is 13.1 Å². The van der Waals surface area contributed by atoms with Crippen LogP contribution in [-0.4, -0.2) is 30.7 Å². The van der Waals surface area contributed by atoms with Crippen LogP contribution in [0.4, 0.5) is 0 Å². The second kappa shape index (κ2) is 5.21. The van der Waals surface area contributed by atoms with Gasteiger partial charge < -0.3 is 10.4 Å². The minimum absolute atomic E-state index is 0.0771. The molecule has 1 heterocycles. The van der Waals surface area contributed by atoms with Gasteiger partial charge in [-0.25, -0.2) is 4.99 Å². The van der Waals surface area contributed by atoms with Crippen molar-refractivity contribution in [2.24, 2.45) is 10.9 Å². The first-order chi connectivity index (χ1) is 8.20. The van der Waals surface area contributed by atoms with Crippen molar-refractivity contribution in [1.82, 2.24) is 5.32 Å². The normalized spacial score (nSPS) is 18.2. The van der Waals surface area contributed by atoms with E-state index in [0.717, 1.165) is 16.1 Å². The zero-order valence-corrected chi connectivity index (χ0v) is 9.81. The first-order valence-corrected chi connectivity index (χ1v) is 5.73. The Labute approximate surface area is 99.7 Å². The molecule has 1 atom stereocenters. The molecular weight excluding hydrogens is 216 g/mol. The SMILES string of the molecule is Cc1ccc2c(c1)=CC(CNCCO)C(=O)N=2. The van der Waals surface area contributed by atoms with Gasteiger partial charge in [0.1, 0.15) is 0 Å². The first kappa shape index (κ1) is 12.0. The van der Waals surface area contributed by atoms with Crippen LogP contribution in [0.2, 0.25) is 0 Å². The van der Waals surface area contributed by atoms with E-state index in [0.29, 0.717) is 13.1 Å². The third-order valence-corrected chi connectivity index (χ3v) is 2.76. The highest BCUT2D eigenvalue weighted by atomic mass is 16.3. The van der Waals surface area contributed by atoms with E-state index in [4.69, 9.17) is 5.11 Å². The molecule has 0 spiro atoms. The molecule has 2 rings (SSSR count). The zero-order chi connectivity index (χ0) is 12.3. The number of fused-ring (bicyclic) bond motifs is 1. The van der Waals surface area contributed by atoms with Gasteiger partial charge in [0.05, 0.1) is 17.9 Å². The molecule has 1 unspecified atom stereocenters. The van der Waals surface area contributed by atoms with E-state index in [9.17, 15) is 4.79 Å². The molecule has 1 amide bonds. The molecule has 2 N–H and O–H groups in total. The highest BCUT2D eigenvalue weighted by Gasteiger charge is 2.17. The van der Waals surface area contributed by atoms with Gasteiger partial charge in [-0.1, -0.05) is 23.8 Å². The number of aryl methyl sites for hydroxylation is 1. The van der Waals surface area contributed by atoms with Crippen LogP contribution in [0.25, 0.3) is 6.08 Å². The minimum Gasteiger partial charge on any atom is -0.395 e. The Morgan fingerprint density at radius 2 is 2.29 bits per heavy atom. The Morgan fingerprint density at radius 1 is 1.47 bits per heavy atom. The average molecular weight is 232 g/mol. The number of carbonyl (C=O) groups excluding carboxylic acids is 1. The lowest BCUT2D eigenvalue weighted by molar-refractivity contribution is -0.120. The van der Waals surface area contributed by atoms with Crippen LogP contribution in [0.3, 0.4) is 0 Å². The third kappa shape index (κ3) is 2.78. The van der Waals surface area contributed by atoms with Crippen LogP contribution in [-0.2, 0) is 4.79 Å². The van der Waals surface area contributed by atoms with E-state index < -0.39 is 0 Å². The number of amides is 1. The summed E-state index contributed by atoms with van der Waals surface area (Å²) >= 11 is 0. The molecule has 1 aliphatic heterocycles. The highest BCUT2D eigenvalue weighted by Crippen LogP contribution is 2.03.